The molecule has 0 spiro atoms. The van der Waals surface area contributed by atoms with E-state index in [0.29, 0.717) is 13.0 Å². The highest BCUT2D eigenvalue weighted by Gasteiger charge is 2.61. The third kappa shape index (κ3) is 3.49. The zero-order valence-electron chi connectivity index (χ0n) is 15.5. The summed E-state index contributed by atoms with van der Waals surface area (Å²) in [4.78, 5) is 41.3. The number of nitrogens with zero attached hydrogens (tertiary/aromatic N) is 2. The number of hydrogen-bond acceptors (Lipinski definition) is 5. The number of allylic oxidation sites excluding steroid dienone is 2. The molecule has 0 aromatic heterocycles. The van der Waals surface area contributed by atoms with Gasteiger partial charge in [0.15, 0.2) is 5.78 Å². The van der Waals surface area contributed by atoms with Gasteiger partial charge in [0.25, 0.3) is 0 Å². The lowest BCUT2D eigenvalue weighted by molar-refractivity contribution is -0.152. The van der Waals surface area contributed by atoms with E-state index in [0.717, 1.165) is 12.8 Å². The van der Waals surface area contributed by atoms with E-state index in [4.69, 9.17) is 4.74 Å². The van der Waals surface area contributed by atoms with E-state index >= 15 is 0 Å². The van der Waals surface area contributed by atoms with Crippen LogP contribution in [-0.4, -0.2) is 71.6 Å². The number of Topliss-reactive ketones (excluding diaryl/α,β-unsaturated/α-hetero) is 1. The van der Waals surface area contributed by atoms with Gasteiger partial charge in [0.05, 0.1) is 24.2 Å². The first-order valence-electron chi connectivity index (χ1n) is 9.45. The number of rotatable bonds is 2. The summed E-state index contributed by atoms with van der Waals surface area (Å²) in [6.45, 7) is 2.79. The highest BCUT2D eigenvalue weighted by atomic mass is 16.5. The Labute approximate surface area is 154 Å². The van der Waals surface area contributed by atoms with E-state index in [1.165, 1.54) is 4.90 Å². The van der Waals surface area contributed by atoms with Gasteiger partial charge in [-0.2, -0.15) is 0 Å². The summed E-state index contributed by atoms with van der Waals surface area (Å²) in [6.07, 6.45) is 5.88. The maximum absolute atomic E-state index is 13.0. The molecule has 3 rings (SSSR count). The number of ether oxygens (including phenoxy) is 1. The molecule has 4 atom stereocenters. The first-order valence-corrected chi connectivity index (χ1v) is 9.45. The molecule has 7 nitrogen and oxygen atoms in total. The van der Waals surface area contributed by atoms with Crippen LogP contribution in [0.2, 0.25) is 0 Å². The minimum Gasteiger partial charge on any atom is -0.466 e. The molecule has 0 aromatic rings. The van der Waals surface area contributed by atoms with Crippen LogP contribution in [0.5, 0.6) is 0 Å². The zero-order chi connectivity index (χ0) is 18.9. The summed E-state index contributed by atoms with van der Waals surface area (Å²) in [5.74, 6) is -0.475. The van der Waals surface area contributed by atoms with Crippen LogP contribution in [0.25, 0.3) is 0 Å². The van der Waals surface area contributed by atoms with Crippen LogP contribution in [0, 0.1) is 11.3 Å². The third-order valence-corrected chi connectivity index (χ3v) is 5.76. The summed E-state index contributed by atoms with van der Waals surface area (Å²) in [6, 6.07) is -0.905. The molecule has 0 unspecified atom stereocenters. The number of fused-ring (bicyclic) bond motifs is 2. The first-order chi connectivity index (χ1) is 12.4. The van der Waals surface area contributed by atoms with Gasteiger partial charge in [-0.1, -0.05) is 12.2 Å². The van der Waals surface area contributed by atoms with Crippen LogP contribution in [0.1, 0.15) is 39.0 Å². The molecule has 2 aliphatic heterocycles. The van der Waals surface area contributed by atoms with Crippen LogP contribution in [0.3, 0.4) is 0 Å². The molecule has 1 saturated heterocycles. The number of urea groups is 1. The van der Waals surface area contributed by atoms with Crippen molar-refractivity contribution >= 4 is 17.8 Å². The van der Waals surface area contributed by atoms with Gasteiger partial charge >= 0.3 is 12.0 Å². The van der Waals surface area contributed by atoms with E-state index in [2.05, 4.69) is 0 Å². The number of esters is 1. The Bertz CT molecular complexity index is 619. The minimum absolute atomic E-state index is 0.0134. The Balaban J connectivity index is 1.86. The molecule has 26 heavy (non-hydrogen) atoms. The molecule has 1 aliphatic carbocycles. The molecule has 1 N–H and O–H groups in total. The summed E-state index contributed by atoms with van der Waals surface area (Å²) in [7, 11) is 1.72. The van der Waals surface area contributed by atoms with E-state index in [-0.39, 0.29) is 49.7 Å². The Morgan fingerprint density at radius 2 is 2.19 bits per heavy atom. The quantitative estimate of drug-likeness (QED) is 0.590. The number of carbonyl (C=O) groups is 3. The van der Waals surface area contributed by atoms with Crippen molar-refractivity contribution in [2.24, 2.45) is 11.3 Å². The largest absolute Gasteiger partial charge is 0.466 e. The summed E-state index contributed by atoms with van der Waals surface area (Å²) < 4.78 is 5.23. The smallest absolute Gasteiger partial charge is 0.320 e. The zero-order valence-corrected chi connectivity index (χ0v) is 15.5. The van der Waals surface area contributed by atoms with E-state index in [1.807, 2.05) is 12.2 Å². The molecule has 7 heteroatoms. The van der Waals surface area contributed by atoms with Gasteiger partial charge in [-0.05, 0) is 32.1 Å². The molecule has 0 radical (unpaired) electrons. The predicted octanol–water partition coefficient (Wildman–Crippen LogP) is 1.35. The van der Waals surface area contributed by atoms with E-state index < -0.39 is 17.6 Å². The fraction of sp³-hybridized carbons (Fsp3) is 0.737. The summed E-state index contributed by atoms with van der Waals surface area (Å²) in [5, 5.41) is 10.0. The van der Waals surface area contributed by atoms with Crippen LogP contribution >= 0.6 is 0 Å². The molecular weight excluding hydrogens is 336 g/mol. The van der Waals surface area contributed by atoms with Gasteiger partial charge in [0.1, 0.15) is 0 Å². The molecule has 2 amide bonds. The van der Waals surface area contributed by atoms with Crippen LogP contribution < -0.4 is 0 Å². The molecule has 144 valence electrons. The maximum Gasteiger partial charge on any atom is 0.320 e. The maximum atomic E-state index is 13.0. The lowest BCUT2D eigenvalue weighted by Gasteiger charge is -2.29. The van der Waals surface area contributed by atoms with Crippen molar-refractivity contribution < 1.29 is 24.2 Å². The van der Waals surface area contributed by atoms with Crippen molar-refractivity contribution in [1.29, 1.82) is 0 Å². The average molecular weight is 364 g/mol. The lowest BCUT2D eigenvalue weighted by atomic mass is 9.92. The molecule has 2 fully saturated rings. The number of ketones is 1. The topological polar surface area (TPSA) is 87.1 Å². The van der Waals surface area contributed by atoms with Crippen molar-refractivity contribution in [3.8, 4) is 0 Å². The predicted molar refractivity (Wildman–Crippen MR) is 94.3 cm³/mol. The van der Waals surface area contributed by atoms with Gasteiger partial charge in [-0.3, -0.25) is 9.59 Å². The number of aliphatic hydroxyl groups excluding tert-OH is 1. The third-order valence-electron chi connectivity index (χ3n) is 5.76. The van der Waals surface area contributed by atoms with Crippen LogP contribution in [0.4, 0.5) is 4.79 Å². The van der Waals surface area contributed by atoms with Gasteiger partial charge in [-0.25, -0.2) is 4.79 Å². The van der Waals surface area contributed by atoms with Gasteiger partial charge < -0.3 is 19.6 Å². The summed E-state index contributed by atoms with van der Waals surface area (Å²) >= 11 is 0. The van der Waals surface area contributed by atoms with Crippen LogP contribution in [0.15, 0.2) is 12.2 Å². The number of aliphatic hydroxyl groups is 1. The van der Waals surface area contributed by atoms with Gasteiger partial charge in [0.2, 0.25) is 0 Å². The fourth-order valence-corrected chi connectivity index (χ4v) is 4.15. The van der Waals surface area contributed by atoms with E-state index in [9.17, 15) is 19.5 Å². The Kier molecular flexibility index (Phi) is 5.37. The number of amides is 2. The monoisotopic (exact) mass is 364 g/mol. The second-order valence-corrected chi connectivity index (χ2v) is 7.66. The lowest BCUT2D eigenvalue weighted by Crippen LogP contribution is -2.47. The fourth-order valence-electron chi connectivity index (χ4n) is 4.15. The second kappa shape index (κ2) is 7.39. The second-order valence-electron chi connectivity index (χ2n) is 7.66. The highest BCUT2D eigenvalue weighted by Crippen LogP contribution is 2.57. The molecular formula is C19H28N2O5. The van der Waals surface area contributed by atoms with Crippen molar-refractivity contribution in [2.75, 3.05) is 26.7 Å². The molecule has 0 bridgehead atoms. The summed E-state index contributed by atoms with van der Waals surface area (Å²) in [5.41, 5.74) is -0.800. The van der Waals surface area contributed by atoms with E-state index in [1.54, 1.807) is 18.9 Å². The minimum atomic E-state index is -0.800. The normalized spacial score (nSPS) is 36.3. The van der Waals surface area contributed by atoms with Crippen LogP contribution in [-0.2, 0) is 14.3 Å². The Morgan fingerprint density at radius 1 is 1.42 bits per heavy atom. The van der Waals surface area contributed by atoms with Crippen molar-refractivity contribution in [3.05, 3.63) is 12.2 Å². The molecule has 2 heterocycles. The van der Waals surface area contributed by atoms with Gasteiger partial charge in [0, 0.05) is 33.0 Å². The molecule has 1 saturated carbocycles. The Hall–Kier alpha value is -1.89. The average Bonchev–Trinajstić information content (AvgIpc) is 3.15. The van der Waals surface area contributed by atoms with Gasteiger partial charge in [-0.15, -0.1) is 0 Å². The number of hydrogen-bond donors (Lipinski definition) is 1. The van der Waals surface area contributed by atoms with Crippen molar-refractivity contribution in [1.82, 2.24) is 9.80 Å². The first kappa shape index (κ1) is 18.9. The number of carbonyl (C=O) groups excluding carboxylic acids is 3. The standard InChI is InChI=1S/C19H28N2O5/c1-3-26-17(24)19-10-13(19)7-5-4-6-8-20(2)18(25)21-12-14(22)9-15(21)16(23)11-19/h5,7,13-15,22H,3-4,6,8-12H2,1-2H3/b7-5-/t13-,14+,15+,19-/m1/s1. The Morgan fingerprint density at radius 3 is 2.92 bits per heavy atom. The molecule has 0 aromatic carbocycles. The van der Waals surface area contributed by atoms with Crippen molar-refractivity contribution in [2.45, 2.75) is 51.2 Å². The molecule has 3 aliphatic rings. The SMILES string of the molecule is CCOC(=O)[C@]12CC(=O)[C@@H]3C[C@H](O)CN3C(=O)N(C)CCC/C=C\[C@@H]1C2. The highest BCUT2D eigenvalue weighted by molar-refractivity contribution is 5.94. The van der Waals surface area contributed by atoms with Crippen molar-refractivity contribution in [3.63, 3.8) is 0 Å².